The molecule has 3 heterocycles. The molecular formula is C18H28N4O2. The fourth-order valence-electron chi connectivity index (χ4n) is 3.69. The fourth-order valence-corrected chi connectivity index (χ4v) is 3.69. The van der Waals surface area contributed by atoms with Gasteiger partial charge in [-0.3, -0.25) is 4.98 Å². The summed E-state index contributed by atoms with van der Waals surface area (Å²) in [6.45, 7) is 4.48. The monoisotopic (exact) mass is 332 g/mol. The fraction of sp³-hybridized carbons (Fsp3) is 0.667. The van der Waals surface area contributed by atoms with Crippen LogP contribution < -0.4 is 10.2 Å². The van der Waals surface area contributed by atoms with Crippen LogP contribution >= 0.6 is 0 Å². The molecule has 0 aromatic carbocycles. The van der Waals surface area contributed by atoms with Crippen molar-refractivity contribution in [3.63, 3.8) is 0 Å². The Kier molecular flexibility index (Phi) is 5.91. The second kappa shape index (κ2) is 8.33. The Morgan fingerprint density at radius 3 is 2.62 bits per heavy atom. The van der Waals surface area contributed by atoms with Crippen LogP contribution in [-0.4, -0.2) is 60.4 Å². The summed E-state index contributed by atoms with van der Waals surface area (Å²) in [6, 6.07) is 4.14. The minimum atomic E-state index is 0.0321. The van der Waals surface area contributed by atoms with Crippen molar-refractivity contribution in [2.75, 3.05) is 44.2 Å². The molecule has 2 aliphatic heterocycles. The molecule has 0 radical (unpaired) electrons. The largest absolute Gasteiger partial charge is 0.396 e. The minimum absolute atomic E-state index is 0.0321. The van der Waals surface area contributed by atoms with Crippen molar-refractivity contribution in [1.29, 1.82) is 0 Å². The van der Waals surface area contributed by atoms with Gasteiger partial charge in [0.1, 0.15) is 0 Å². The number of carbonyl (C=O) groups excluding carboxylic acids is 1. The van der Waals surface area contributed by atoms with Crippen LogP contribution in [0.25, 0.3) is 0 Å². The highest BCUT2D eigenvalue weighted by molar-refractivity contribution is 5.74. The molecule has 6 nitrogen and oxygen atoms in total. The lowest BCUT2D eigenvalue weighted by Crippen LogP contribution is -2.48. The number of likely N-dealkylation sites (tertiary alicyclic amines) is 1. The van der Waals surface area contributed by atoms with Crippen LogP contribution in [0.3, 0.4) is 0 Å². The van der Waals surface area contributed by atoms with Crippen molar-refractivity contribution in [2.45, 2.75) is 25.7 Å². The molecule has 24 heavy (non-hydrogen) atoms. The van der Waals surface area contributed by atoms with Gasteiger partial charge in [0.15, 0.2) is 0 Å². The number of pyridine rings is 1. The highest BCUT2D eigenvalue weighted by Gasteiger charge is 2.24. The van der Waals surface area contributed by atoms with Crippen molar-refractivity contribution in [1.82, 2.24) is 15.2 Å². The number of aliphatic hydroxyl groups excluding tert-OH is 1. The zero-order valence-electron chi connectivity index (χ0n) is 14.2. The molecule has 2 N–H and O–H groups in total. The number of urea groups is 1. The van der Waals surface area contributed by atoms with Gasteiger partial charge in [-0.2, -0.15) is 0 Å². The van der Waals surface area contributed by atoms with E-state index < -0.39 is 0 Å². The maximum absolute atomic E-state index is 12.3. The van der Waals surface area contributed by atoms with Crippen LogP contribution in [-0.2, 0) is 0 Å². The van der Waals surface area contributed by atoms with Crippen molar-refractivity contribution in [2.24, 2.45) is 11.8 Å². The summed E-state index contributed by atoms with van der Waals surface area (Å²) in [7, 11) is 0. The highest BCUT2D eigenvalue weighted by Crippen LogP contribution is 2.22. The third kappa shape index (κ3) is 4.38. The number of anilines is 1. The van der Waals surface area contributed by atoms with Gasteiger partial charge in [0.05, 0.1) is 0 Å². The number of nitrogens with zero attached hydrogens (tertiary/aromatic N) is 3. The first-order valence-corrected chi connectivity index (χ1v) is 9.05. The number of hydrogen-bond acceptors (Lipinski definition) is 4. The van der Waals surface area contributed by atoms with Gasteiger partial charge >= 0.3 is 6.03 Å². The lowest BCUT2D eigenvalue weighted by molar-refractivity contribution is 0.128. The van der Waals surface area contributed by atoms with Gasteiger partial charge in [0, 0.05) is 57.4 Å². The summed E-state index contributed by atoms with van der Waals surface area (Å²) in [4.78, 5) is 20.6. The maximum atomic E-state index is 12.3. The molecule has 2 saturated heterocycles. The van der Waals surface area contributed by atoms with E-state index in [9.17, 15) is 9.90 Å². The summed E-state index contributed by atoms with van der Waals surface area (Å²) in [5.74, 6) is 0.790. The predicted octanol–water partition coefficient (Wildman–Crippen LogP) is 1.71. The van der Waals surface area contributed by atoms with E-state index in [4.69, 9.17) is 0 Å². The topological polar surface area (TPSA) is 68.7 Å². The molecule has 0 saturated carbocycles. The van der Waals surface area contributed by atoms with Crippen molar-refractivity contribution in [3.8, 4) is 0 Å². The van der Waals surface area contributed by atoms with Crippen molar-refractivity contribution >= 4 is 11.7 Å². The zero-order valence-corrected chi connectivity index (χ0v) is 14.2. The lowest BCUT2D eigenvalue weighted by Gasteiger charge is -2.35. The minimum Gasteiger partial charge on any atom is -0.396 e. The van der Waals surface area contributed by atoms with E-state index in [2.05, 4.69) is 27.3 Å². The van der Waals surface area contributed by atoms with E-state index in [-0.39, 0.29) is 18.6 Å². The normalized spacial score (nSPS) is 22.5. The Bertz CT molecular complexity index is 517. The van der Waals surface area contributed by atoms with Crippen LogP contribution in [0.2, 0.25) is 0 Å². The molecule has 1 aromatic rings. The Hall–Kier alpha value is -1.82. The van der Waals surface area contributed by atoms with E-state index >= 15 is 0 Å². The highest BCUT2D eigenvalue weighted by atomic mass is 16.3. The van der Waals surface area contributed by atoms with Crippen molar-refractivity contribution in [3.05, 3.63) is 24.5 Å². The molecule has 0 spiro atoms. The molecule has 1 aromatic heterocycles. The van der Waals surface area contributed by atoms with Crippen molar-refractivity contribution < 1.29 is 9.90 Å². The Balaban J connectivity index is 1.39. The van der Waals surface area contributed by atoms with Gasteiger partial charge in [0.25, 0.3) is 0 Å². The zero-order chi connectivity index (χ0) is 16.8. The molecule has 2 amide bonds. The molecule has 3 rings (SSSR count). The quantitative estimate of drug-likeness (QED) is 0.881. The second-order valence-corrected chi connectivity index (χ2v) is 6.96. The van der Waals surface area contributed by atoms with E-state index in [1.54, 1.807) is 0 Å². The molecule has 1 unspecified atom stereocenters. The standard InChI is InChI=1S/C18H28N4O2/c23-14-16-2-1-9-22(13-16)18(24)20-12-15-5-10-21(11-6-15)17-3-7-19-8-4-17/h3-4,7-8,15-16,23H,1-2,5-6,9-14H2,(H,20,24). The van der Waals surface area contributed by atoms with E-state index in [0.717, 1.165) is 51.9 Å². The number of aliphatic hydroxyl groups is 1. The second-order valence-electron chi connectivity index (χ2n) is 6.96. The molecule has 0 aliphatic carbocycles. The number of hydrogen-bond donors (Lipinski definition) is 2. The number of nitrogens with one attached hydrogen (secondary N) is 1. The summed E-state index contributed by atoms with van der Waals surface area (Å²) in [5, 5.41) is 12.4. The summed E-state index contributed by atoms with van der Waals surface area (Å²) >= 11 is 0. The summed E-state index contributed by atoms with van der Waals surface area (Å²) in [5.41, 5.74) is 1.23. The Morgan fingerprint density at radius 1 is 1.17 bits per heavy atom. The van der Waals surface area contributed by atoms with Crippen LogP contribution in [0.4, 0.5) is 10.5 Å². The Morgan fingerprint density at radius 2 is 1.92 bits per heavy atom. The van der Waals surface area contributed by atoms with Gasteiger partial charge in [-0.15, -0.1) is 0 Å². The van der Waals surface area contributed by atoms with Gasteiger partial charge in [-0.1, -0.05) is 0 Å². The van der Waals surface area contributed by atoms with E-state index in [1.165, 1.54) is 5.69 Å². The van der Waals surface area contributed by atoms with E-state index in [0.29, 0.717) is 12.5 Å². The smallest absolute Gasteiger partial charge is 0.317 e. The van der Waals surface area contributed by atoms with Gasteiger partial charge in [0.2, 0.25) is 0 Å². The predicted molar refractivity (Wildman–Crippen MR) is 94.0 cm³/mol. The first-order chi connectivity index (χ1) is 11.8. The number of carbonyl (C=O) groups is 1. The van der Waals surface area contributed by atoms with Gasteiger partial charge in [-0.05, 0) is 49.7 Å². The molecule has 0 bridgehead atoms. The Labute approximate surface area is 143 Å². The average Bonchev–Trinajstić information content (AvgIpc) is 2.67. The summed E-state index contributed by atoms with van der Waals surface area (Å²) < 4.78 is 0. The number of rotatable bonds is 4. The van der Waals surface area contributed by atoms with Crippen LogP contribution in [0.5, 0.6) is 0 Å². The molecule has 132 valence electrons. The molecule has 1 atom stereocenters. The number of piperidine rings is 2. The van der Waals surface area contributed by atoms with Crippen LogP contribution in [0.1, 0.15) is 25.7 Å². The van der Waals surface area contributed by atoms with Gasteiger partial charge < -0.3 is 20.2 Å². The molecule has 2 aliphatic rings. The molecular weight excluding hydrogens is 304 g/mol. The lowest BCUT2D eigenvalue weighted by atomic mass is 9.96. The average molecular weight is 332 g/mol. The molecule has 2 fully saturated rings. The van der Waals surface area contributed by atoms with Crippen LogP contribution in [0, 0.1) is 11.8 Å². The number of aromatic nitrogens is 1. The third-order valence-electron chi connectivity index (χ3n) is 5.25. The third-order valence-corrected chi connectivity index (χ3v) is 5.25. The van der Waals surface area contributed by atoms with Gasteiger partial charge in [-0.25, -0.2) is 4.79 Å². The van der Waals surface area contributed by atoms with Crippen LogP contribution in [0.15, 0.2) is 24.5 Å². The SMILES string of the molecule is O=C(NCC1CCN(c2ccncc2)CC1)N1CCCC(CO)C1. The van der Waals surface area contributed by atoms with E-state index in [1.807, 2.05) is 17.3 Å². The first-order valence-electron chi connectivity index (χ1n) is 9.05. The maximum Gasteiger partial charge on any atom is 0.317 e. The molecule has 6 heteroatoms. The number of amides is 2. The first kappa shape index (κ1) is 17.0. The summed E-state index contributed by atoms with van der Waals surface area (Å²) in [6.07, 6.45) is 7.88.